The summed E-state index contributed by atoms with van der Waals surface area (Å²) in [5, 5.41) is 13.0. The highest BCUT2D eigenvalue weighted by Gasteiger charge is 2.22. The minimum absolute atomic E-state index is 0.0750. The van der Waals surface area contributed by atoms with Gasteiger partial charge in [0.2, 0.25) is 0 Å². The van der Waals surface area contributed by atoms with E-state index in [0.717, 1.165) is 48.4 Å². The molecule has 2 aromatic carbocycles. The maximum Gasteiger partial charge on any atom is 0.301 e. The number of aromatic nitrogens is 2. The zero-order valence-electron chi connectivity index (χ0n) is 19.6. The van der Waals surface area contributed by atoms with Crippen LogP contribution < -0.4 is 14.8 Å². The third-order valence-electron chi connectivity index (χ3n) is 6.06. The molecule has 35 heavy (non-hydrogen) atoms. The SMILES string of the molecule is CCN(C)S(=O)(=O)Nc1ccc(F)c(Oc2ccc3ncc(CC4CCNCC4)nc3c2)c1C#N. The molecule has 0 radical (unpaired) electrons. The number of hydrogen-bond acceptors (Lipinski definition) is 7. The van der Waals surface area contributed by atoms with Crippen molar-refractivity contribution in [2.24, 2.45) is 5.92 Å². The molecule has 2 heterocycles. The van der Waals surface area contributed by atoms with E-state index >= 15 is 0 Å². The van der Waals surface area contributed by atoms with Gasteiger partial charge < -0.3 is 10.1 Å². The molecule has 2 N–H and O–H groups in total. The van der Waals surface area contributed by atoms with Gasteiger partial charge >= 0.3 is 10.2 Å². The number of rotatable bonds is 8. The Kier molecular flexibility index (Phi) is 7.45. The first-order valence-corrected chi connectivity index (χ1v) is 12.9. The van der Waals surface area contributed by atoms with Crippen molar-refractivity contribution in [1.29, 1.82) is 5.26 Å². The Bertz CT molecular complexity index is 1370. The molecular formula is C24H27FN6O3S. The Hall–Kier alpha value is -3.33. The van der Waals surface area contributed by atoms with Crippen molar-refractivity contribution in [3.05, 3.63) is 53.6 Å². The number of nitrogens with zero attached hydrogens (tertiary/aromatic N) is 4. The molecule has 3 aromatic rings. The van der Waals surface area contributed by atoms with Crippen LogP contribution in [-0.2, 0) is 16.6 Å². The zero-order valence-corrected chi connectivity index (χ0v) is 20.4. The molecule has 184 valence electrons. The Morgan fingerprint density at radius 1 is 1.26 bits per heavy atom. The predicted molar refractivity (Wildman–Crippen MR) is 131 cm³/mol. The van der Waals surface area contributed by atoms with Crippen LogP contribution in [0.5, 0.6) is 11.5 Å². The van der Waals surface area contributed by atoms with Crippen LogP contribution in [0.2, 0.25) is 0 Å². The number of ether oxygens (including phenoxy) is 1. The Labute approximate surface area is 204 Å². The topological polar surface area (TPSA) is 120 Å². The maximum absolute atomic E-state index is 14.7. The van der Waals surface area contributed by atoms with E-state index in [2.05, 4.69) is 15.0 Å². The number of benzene rings is 2. The Morgan fingerprint density at radius 2 is 2.03 bits per heavy atom. The second-order valence-electron chi connectivity index (χ2n) is 8.44. The molecule has 1 aliphatic rings. The molecule has 4 rings (SSSR count). The van der Waals surface area contributed by atoms with Gasteiger partial charge in [-0.3, -0.25) is 9.71 Å². The van der Waals surface area contributed by atoms with E-state index in [0.29, 0.717) is 17.0 Å². The van der Waals surface area contributed by atoms with Crippen LogP contribution in [0.4, 0.5) is 10.1 Å². The van der Waals surface area contributed by atoms with Crippen molar-refractivity contribution >= 4 is 26.9 Å². The summed E-state index contributed by atoms with van der Waals surface area (Å²) in [5.74, 6) is -0.357. The molecule has 0 aliphatic carbocycles. The average molecular weight is 499 g/mol. The monoisotopic (exact) mass is 498 g/mol. The molecule has 1 saturated heterocycles. The first-order valence-electron chi connectivity index (χ1n) is 11.4. The largest absolute Gasteiger partial charge is 0.453 e. The van der Waals surface area contributed by atoms with Crippen LogP contribution in [0.15, 0.2) is 36.5 Å². The van der Waals surface area contributed by atoms with Gasteiger partial charge in [0.25, 0.3) is 0 Å². The van der Waals surface area contributed by atoms with E-state index in [4.69, 9.17) is 9.72 Å². The maximum atomic E-state index is 14.7. The van der Waals surface area contributed by atoms with Gasteiger partial charge in [-0.1, -0.05) is 6.92 Å². The van der Waals surface area contributed by atoms with Gasteiger partial charge in [0.05, 0.1) is 22.4 Å². The van der Waals surface area contributed by atoms with Crippen molar-refractivity contribution < 1.29 is 17.5 Å². The molecular weight excluding hydrogens is 471 g/mol. The van der Waals surface area contributed by atoms with Crippen LogP contribution in [0, 0.1) is 23.1 Å². The Morgan fingerprint density at radius 3 is 2.74 bits per heavy atom. The first-order chi connectivity index (χ1) is 16.8. The van der Waals surface area contributed by atoms with Crippen LogP contribution in [0.1, 0.15) is 31.0 Å². The molecule has 0 spiro atoms. The molecule has 0 atom stereocenters. The summed E-state index contributed by atoms with van der Waals surface area (Å²) >= 11 is 0. The fraction of sp³-hybridized carbons (Fsp3) is 0.375. The third-order valence-corrected chi connectivity index (χ3v) is 7.61. The standard InChI is InChI=1S/C24H27FN6O3S/c1-3-31(2)35(32,33)30-21-7-5-20(25)24(19(21)14-26)34-18-4-6-22-23(13-18)29-17(15-28-22)12-16-8-10-27-11-9-16/h4-7,13,15-16,27,30H,3,8-12H2,1-2H3. The van der Waals surface area contributed by atoms with Crippen molar-refractivity contribution in [1.82, 2.24) is 19.6 Å². The van der Waals surface area contributed by atoms with Crippen LogP contribution in [0.25, 0.3) is 11.0 Å². The fourth-order valence-corrected chi connectivity index (χ4v) is 4.87. The number of fused-ring (bicyclic) bond motifs is 1. The quantitative estimate of drug-likeness (QED) is 0.487. The molecule has 0 amide bonds. The minimum atomic E-state index is -3.91. The summed E-state index contributed by atoms with van der Waals surface area (Å²) in [6.07, 6.45) is 4.79. The van der Waals surface area contributed by atoms with E-state index in [1.54, 1.807) is 31.3 Å². The van der Waals surface area contributed by atoms with Gasteiger partial charge in [-0.15, -0.1) is 0 Å². The average Bonchev–Trinajstić information content (AvgIpc) is 2.86. The third kappa shape index (κ3) is 5.67. The fourth-order valence-electron chi connectivity index (χ4n) is 3.93. The van der Waals surface area contributed by atoms with Crippen LogP contribution in [0.3, 0.4) is 0 Å². The second-order valence-corrected chi connectivity index (χ2v) is 10.2. The van der Waals surface area contributed by atoms with Crippen LogP contribution in [-0.4, -0.2) is 49.4 Å². The summed E-state index contributed by atoms with van der Waals surface area (Å²) in [7, 11) is -2.52. The highest BCUT2D eigenvalue weighted by molar-refractivity contribution is 7.90. The summed E-state index contributed by atoms with van der Waals surface area (Å²) in [5.41, 5.74) is 1.80. The van der Waals surface area contributed by atoms with Gasteiger partial charge in [-0.05, 0) is 62.5 Å². The summed E-state index contributed by atoms with van der Waals surface area (Å²) in [6.45, 7) is 3.89. The van der Waals surface area contributed by atoms with Gasteiger partial charge in [-0.2, -0.15) is 18.0 Å². The summed E-state index contributed by atoms with van der Waals surface area (Å²) in [6, 6.07) is 9.05. The lowest BCUT2D eigenvalue weighted by molar-refractivity contribution is 0.370. The molecule has 1 fully saturated rings. The van der Waals surface area contributed by atoms with Gasteiger partial charge in [0, 0.05) is 25.9 Å². The highest BCUT2D eigenvalue weighted by Crippen LogP contribution is 2.34. The molecule has 1 aromatic heterocycles. The van der Waals surface area contributed by atoms with Gasteiger partial charge in [0.15, 0.2) is 11.6 Å². The van der Waals surface area contributed by atoms with Gasteiger partial charge in [-0.25, -0.2) is 9.37 Å². The highest BCUT2D eigenvalue weighted by atomic mass is 32.2. The zero-order chi connectivity index (χ0) is 25.0. The van der Waals surface area contributed by atoms with E-state index < -0.39 is 16.0 Å². The molecule has 11 heteroatoms. The molecule has 0 saturated carbocycles. The minimum Gasteiger partial charge on any atom is -0.453 e. The normalized spacial score (nSPS) is 14.7. The number of anilines is 1. The molecule has 0 bridgehead atoms. The Balaban J connectivity index is 1.63. The number of hydrogen-bond donors (Lipinski definition) is 2. The lowest BCUT2D eigenvalue weighted by Gasteiger charge is -2.22. The van der Waals surface area contributed by atoms with Gasteiger partial charge in [0.1, 0.15) is 17.4 Å². The lowest BCUT2D eigenvalue weighted by atomic mass is 9.93. The molecule has 1 aliphatic heterocycles. The predicted octanol–water partition coefficient (Wildman–Crippen LogP) is 3.58. The molecule has 9 nitrogen and oxygen atoms in total. The van der Waals surface area contributed by atoms with Crippen molar-refractivity contribution in [3.63, 3.8) is 0 Å². The summed E-state index contributed by atoms with van der Waals surface area (Å²) in [4.78, 5) is 9.20. The second kappa shape index (κ2) is 10.5. The van der Waals surface area contributed by atoms with E-state index in [1.165, 1.54) is 13.1 Å². The van der Waals surface area contributed by atoms with Crippen LogP contribution >= 0.6 is 0 Å². The number of halogens is 1. The van der Waals surface area contributed by atoms with Crippen molar-refractivity contribution in [3.8, 4) is 17.6 Å². The number of nitriles is 1. The molecule has 0 unspecified atom stereocenters. The summed E-state index contributed by atoms with van der Waals surface area (Å²) < 4.78 is 48.7. The number of piperidine rings is 1. The van der Waals surface area contributed by atoms with Crippen molar-refractivity contribution in [2.75, 3.05) is 31.4 Å². The lowest BCUT2D eigenvalue weighted by Crippen LogP contribution is -2.32. The first kappa shape index (κ1) is 24.8. The van der Waals surface area contributed by atoms with Crippen molar-refractivity contribution in [2.45, 2.75) is 26.2 Å². The smallest absolute Gasteiger partial charge is 0.301 e. The number of nitrogens with one attached hydrogen (secondary N) is 2. The van der Waals surface area contributed by atoms with E-state index in [1.807, 2.05) is 6.07 Å². The van der Waals surface area contributed by atoms with E-state index in [-0.39, 0.29) is 29.3 Å². The van der Waals surface area contributed by atoms with E-state index in [9.17, 15) is 18.1 Å².